The third-order valence-corrected chi connectivity index (χ3v) is 5.78. The van der Waals surface area contributed by atoms with Crippen LogP contribution in [0.2, 0.25) is 0 Å². The third kappa shape index (κ3) is 2.56. The number of rotatable bonds is 3. The highest BCUT2D eigenvalue weighted by Crippen LogP contribution is 2.36. The van der Waals surface area contributed by atoms with Gasteiger partial charge in [0, 0.05) is 57.7 Å². The smallest absolute Gasteiger partial charge is 0.266 e. The molecule has 2 atom stereocenters. The zero-order chi connectivity index (χ0) is 18.5. The fourth-order valence-corrected chi connectivity index (χ4v) is 4.34. The summed E-state index contributed by atoms with van der Waals surface area (Å²) in [7, 11) is 1.69. The molecule has 2 unspecified atom stereocenters. The molecule has 0 N–H and O–H groups in total. The minimum atomic E-state index is -0.0800. The van der Waals surface area contributed by atoms with Gasteiger partial charge in [0.1, 0.15) is 12.1 Å². The van der Waals surface area contributed by atoms with Gasteiger partial charge in [0.05, 0.1) is 6.33 Å². The minimum Gasteiger partial charge on any atom is -0.354 e. The molecule has 9 heteroatoms. The summed E-state index contributed by atoms with van der Waals surface area (Å²) in [6.45, 7) is 6.74. The molecule has 0 aromatic carbocycles. The highest BCUT2D eigenvalue weighted by Gasteiger charge is 2.41. The van der Waals surface area contributed by atoms with Crippen LogP contribution >= 0.6 is 0 Å². The summed E-state index contributed by atoms with van der Waals surface area (Å²) in [6.07, 6.45) is 3.48. The zero-order valence-electron chi connectivity index (χ0n) is 15.5. The van der Waals surface area contributed by atoms with Gasteiger partial charge in [-0.05, 0) is 13.0 Å². The quantitative estimate of drug-likeness (QED) is 0.668. The van der Waals surface area contributed by atoms with Gasteiger partial charge in [-0.1, -0.05) is 0 Å². The molecular formula is C18H22N8O. The van der Waals surface area contributed by atoms with Crippen molar-refractivity contribution in [3.8, 4) is 0 Å². The predicted molar refractivity (Wildman–Crippen MR) is 102 cm³/mol. The number of nitrogens with zero attached hydrogens (tertiary/aromatic N) is 8. The Morgan fingerprint density at radius 2 is 1.78 bits per heavy atom. The average molecular weight is 366 g/mol. The number of aryl methyl sites for hydroxylation is 2. The normalized spacial score (nSPS) is 22.0. The van der Waals surface area contributed by atoms with Gasteiger partial charge in [-0.2, -0.15) is 5.10 Å². The van der Waals surface area contributed by atoms with Crippen LogP contribution in [-0.2, 0) is 13.6 Å². The lowest BCUT2D eigenvalue weighted by Gasteiger charge is -2.23. The Kier molecular flexibility index (Phi) is 3.63. The van der Waals surface area contributed by atoms with E-state index in [0.29, 0.717) is 11.8 Å². The molecule has 5 rings (SSSR count). The number of hydrogen-bond donors (Lipinski definition) is 0. The highest BCUT2D eigenvalue weighted by atomic mass is 16.1. The lowest BCUT2D eigenvalue weighted by molar-refractivity contribution is 0.533. The Bertz CT molecular complexity index is 1040. The molecule has 5 heterocycles. The van der Waals surface area contributed by atoms with Gasteiger partial charge in [-0.15, -0.1) is 0 Å². The number of anilines is 2. The van der Waals surface area contributed by atoms with Gasteiger partial charge in [-0.3, -0.25) is 4.79 Å². The Hall–Kier alpha value is -2.97. The van der Waals surface area contributed by atoms with Gasteiger partial charge in [-0.25, -0.2) is 19.6 Å². The van der Waals surface area contributed by atoms with Crippen molar-refractivity contribution in [1.29, 1.82) is 0 Å². The van der Waals surface area contributed by atoms with Gasteiger partial charge >= 0.3 is 0 Å². The van der Waals surface area contributed by atoms with Crippen LogP contribution < -0.4 is 15.4 Å². The number of fused-ring (bicyclic) bond motifs is 2. The van der Waals surface area contributed by atoms with Crippen LogP contribution in [-0.4, -0.2) is 55.5 Å². The van der Waals surface area contributed by atoms with Crippen LogP contribution in [0.5, 0.6) is 0 Å². The molecule has 2 aliphatic heterocycles. The molecule has 2 saturated heterocycles. The van der Waals surface area contributed by atoms with E-state index in [0.717, 1.165) is 55.5 Å². The lowest BCUT2D eigenvalue weighted by Crippen LogP contribution is -2.31. The second-order valence-corrected chi connectivity index (χ2v) is 7.38. The van der Waals surface area contributed by atoms with E-state index < -0.39 is 0 Å². The largest absolute Gasteiger partial charge is 0.354 e. The molecule has 9 nitrogen and oxygen atoms in total. The Balaban J connectivity index is 1.36. The summed E-state index contributed by atoms with van der Waals surface area (Å²) in [6, 6.07) is 3.41. The monoisotopic (exact) mass is 366 g/mol. The molecule has 0 amide bonds. The molecule has 0 spiro atoms. The van der Waals surface area contributed by atoms with Gasteiger partial charge in [0.25, 0.3) is 5.56 Å². The van der Waals surface area contributed by atoms with E-state index in [1.165, 1.54) is 4.68 Å². The van der Waals surface area contributed by atoms with E-state index in [1.807, 2.05) is 17.0 Å². The molecule has 2 aliphatic rings. The van der Waals surface area contributed by atoms with Crippen molar-refractivity contribution in [3.63, 3.8) is 0 Å². The van der Waals surface area contributed by atoms with Crippen LogP contribution in [0.15, 0.2) is 29.6 Å². The molecule has 0 bridgehead atoms. The third-order valence-electron chi connectivity index (χ3n) is 5.78. The van der Waals surface area contributed by atoms with Crippen molar-refractivity contribution in [2.75, 3.05) is 36.0 Å². The summed E-state index contributed by atoms with van der Waals surface area (Å²) < 4.78 is 3.45. The molecule has 0 aliphatic carbocycles. The van der Waals surface area contributed by atoms with Crippen molar-refractivity contribution in [2.45, 2.75) is 13.5 Å². The van der Waals surface area contributed by atoms with E-state index in [2.05, 4.69) is 36.8 Å². The van der Waals surface area contributed by atoms with E-state index >= 15 is 0 Å². The van der Waals surface area contributed by atoms with Crippen LogP contribution in [0.1, 0.15) is 6.92 Å². The number of aromatic nitrogens is 6. The van der Waals surface area contributed by atoms with Crippen LogP contribution in [0.3, 0.4) is 0 Å². The van der Waals surface area contributed by atoms with E-state index in [9.17, 15) is 4.79 Å². The molecule has 3 aromatic rings. The van der Waals surface area contributed by atoms with Crippen molar-refractivity contribution < 1.29 is 0 Å². The standard InChI is InChI=1S/C18H22N8O/c1-3-24-11-21-16-17(24)19-10-20-18(16)26-8-12-6-25(7-13(12)9-26)14-4-5-15(27)23(2)22-14/h4-5,10-13H,3,6-9H2,1-2H3. The highest BCUT2D eigenvalue weighted by molar-refractivity contribution is 5.83. The predicted octanol–water partition coefficient (Wildman–Crippen LogP) is 0.512. The molecule has 140 valence electrons. The molecule has 0 saturated carbocycles. The maximum atomic E-state index is 11.6. The SMILES string of the molecule is CCn1cnc2c(N3CC4CN(c5ccc(=O)n(C)n5)CC4C3)ncnc21. The summed E-state index contributed by atoms with van der Waals surface area (Å²) in [5.74, 6) is 2.93. The van der Waals surface area contributed by atoms with E-state index in [4.69, 9.17) is 0 Å². The first-order chi connectivity index (χ1) is 13.1. The fraction of sp³-hybridized carbons (Fsp3) is 0.500. The second-order valence-electron chi connectivity index (χ2n) is 7.38. The first kappa shape index (κ1) is 16.2. The maximum absolute atomic E-state index is 11.6. The Morgan fingerprint density at radius 1 is 1.04 bits per heavy atom. The maximum Gasteiger partial charge on any atom is 0.266 e. The van der Waals surface area contributed by atoms with Crippen molar-refractivity contribution in [2.24, 2.45) is 18.9 Å². The minimum absolute atomic E-state index is 0.0800. The van der Waals surface area contributed by atoms with Gasteiger partial charge in [0.15, 0.2) is 17.0 Å². The lowest BCUT2D eigenvalue weighted by atomic mass is 10.0. The first-order valence-electron chi connectivity index (χ1n) is 9.34. The first-order valence-corrected chi connectivity index (χ1v) is 9.34. The van der Waals surface area contributed by atoms with Crippen molar-refractivity contribution in [3.05, 3.63) is 35.1 Å². The van der Waals surface area contributed by atoms with E-state index in [1.54, 1.807) is 19.4 Å². The van der Waals surface area contributed by atoms with Crippen molar-refractivity contribution in [1.82, 2.24) is 29.3 Å². The van der Waals surface area contributed by atoms with Gasteiger partial charge in [0.2, 0.25) is 0 Å². The molecular weight excluding hydrogens is 344 g/mol. The topological polar surface area (TPSA) is 85.0 Å². The number of hydrogen-bond acceptors (Lipinski definition) is 7. The van der Waals surface area contributed by atoms with E-state index in [-0.39, 0.29) is 5.56 Å². The fourth-order valence-electron chi connectivity index (χ4n) is 4.34. The van der Waals surface area contributed by atoms with Crippen LogP contribution in [0.25, 0.3) is 11.2 Å². The molecule has 2 fully saturated rings. The average Bonchev–Trinajstić information content (AvgIpc) is 3.35. The van der Waals surface area contributed by atoms with Crippen LogP contribution in [0, 0.1) is 11.8 Å². The Labute approximate surface area is 156 Å². The second kappa shape index (κ2) is 6.04. The molecule has 0 radical (unpaired) electrons. The number of imidazole rings is 1. The molecule has 27 heavy (non-hydrogen) atoms. The summed E-state index contributed by atoms with van der Waals surface area (Å²) in [4.78, 5) is 29.7. The molecule has 3 aromatic heterocycles. The van der Waals surface area contributed by atoms with Gasteiger partial charge < -0.3 is 14.4 Å². The summed E-state index contributed by atoms with van der Waals surface area (Å²) in [5, 5.41) is 4.40. The summed E-state index contributed by atoms with van der Waals surface area (Å²) in [5.41, 5.74) is 1.70. The summed E-state index contributed by atoms with van der Waals surface area (Å²) >= 11 is 0. The van der Waals surface area contributed by atoms with Crippen LogP contribution in [0.4, 0.5) is 11.6 Å². The zero-order valence-corrected chi connectivity index (χ0v) is 15.5. The van der Waals surface area contributed by atoms with Crippen molar-refractivity contribution >= 4 is 22.8 Å². The Morgan fingerprint density at radius 3 is 2.48 bits per heavy atom.